The third-order valence-corrected chi connectivity index (χ3v) is 4.17. The Bertz CT molecular complexity index is 324. The van der Waals surface area contributed by atoms with Crippen molar-refractivity contribution in [3.05, 3.63) is 30.1 Å². The first-order chi connectivity index (χ1) is 10.3. The van der Waals surface area contributed by atoms with E-state index in [4.69, 9.17) is 0 Å². The van der Waals surface area contributed by atoms with E-state index >= 15 is 0 Å². The van der Waals surface area contributed by atoms with E-state index in [0.717, 1.165) is 6.54 Å². The molecule has 2 heteroatoms. The SMILES string of the molecule is CCCCCCCCCCCCN[C@H](C)c1cccnc1. The lowest BCUT2D eigenvalue weighted by atomic mass is 10.1. The van der Waals surface area contributed by atoms with Gasteiger partial charge in [-0.3, -0.25) is 4.98 Å². The number of rotatable bonds is 13. The van der Waals surface area contributed by atoms with Gasteiger partial charge in [-0.2, -0.15) is 0 Å². The van der Waals surface area contributed by atoms with Gasteiger partial charge in [-0.1, -0.05) is 70.8 Å². The van der Waals surface area contributed by atoms with Crippen LogP contribution in [0.4, 0.5) is 0 Å². The molecule has 0 saturated carbocycles. The molecule has 2 nitrogen and oxygen atoms in total. The molecule has 0 aliphatic carbocycles. The summed E-state index contributed by atoms with van der Waals surface area (Å²) in [4.78, 5) is 4.17. The molecule has 0 bridgehead atoms. The van der Waals surface area contributed by atoms with E-state index in [1.165, 1.54) is 69.8 Å². The number of nitrogens with zero attached hydrogens (tertiary/aromatic N) is 1. The van der Waals surface area contributed by atoms with Crippen LogP contribution in [0, 0.1) is 0 Å². The van der Waals surface area contributed by atoms with E-state index in [0.29, 0.717) is 6.04 Å². The highest BCUT2D eigenvalue weighted by atomic mass is 14.9. The maximum atomic E-state index is 4.17. The van der Waals surface area contributed by atoms with Crippen LogP contribution in [0.2, 0.25) is 0 Å². The molecule has 0 amide bonds. The summed E-state index contributed by atoms with van der Waals surface area (Å²) in [6.07, 6.45) is 17.8. The average molecular weight is 290 g/mol. The number of hydrogen-bond donors (Lipinski definition) is 1. The van der Waals surface area contributed by atoms with Crippen LogP contribution < -0.4 is 5.32 Å². The number of hydrogen-bond acceptors (Lipinski definition) is 2. The van der Waals surface area contributed by atoms with Crippen LogP contribution in [0.3, 0.4) is 0 Å². The highest BCUT2D eigenvalue weighted by molar-refractivity contribution is 5.12. The molecular formula is C19H34N2. The predicted molar refractivity (Wildman–Crippen MR) is 92.5 cm³/mol. The number of nitrogens with one attached hydrogen (secondary N) is 1. The number of pyridine rings is 1. The summed E-state index contributed by atoms with van der Waals surface area (Å²) in [5.41, 5.74) is 1.28. The van der Waals surface area contributed by atoms with Gasteiger partial charge < -0.3 is 5.32 Å². The van der Waals surface area contributed by atoms with Gasteiger partial charge in [0.05, 0.1) is 0 Å². The fourth-order valence-corrected chi connectivity index (χ4v) is 2.68. The molecule has 0 aliphatic heterocycles. The first kappa shape index (κ1) is 18.2. The molecule has 1 N–H and O–H groups in total. The molecule has 1 rings (SSSR count). The normalized spacial score (nSPS) is 12.5. The standard InChI is InChI=1S/C19H34N2/c1-3-4-5-6-7-8-9-10-11-12-16-21-18(2)19-14-13-15-20-17-19/h13-15,17-18,21H,3-12,16H2,1-2H3/t18-/m1/s1. The molecule has 120 valence electrons. The Labute approximate surface area is 131 Å². The zero-order chi connectivity index (χ0) is 15.2. The largest absolute Gasteiger partial charge is 0.310 e. The Hall–Kier alpha value is -0.890. The molecule has 0 aliphatic rings. The van der Waals surface area contributed by atoms with E-state index in [2.05, 4.69) is 30.2 Å². The van der Waals surface area contributed by atoms with E-state index in [9.17, 15) is 0 Å². The van der Waals surface area contributed by atoms with Gasteiger partial charge >= 0.3 is 0 Å². The molecule has 0 aromatic carbocycles. The summed E-state index contributed by atoms with van der Waals surface area (Å²) in [5.74, 6) is 0. The molecule has 1 aromatic rings. The van der Waals surface area contributed by atoms with Gasteiger partial charge in [0.2, 0.25) is 0 Å². The van der Waals surface area contributed by atoms with Crippen molar-refractivity contribution in [3.63, 3.8) is 0 Å². The van der Waals surface area contributed by atoms with E-state index < -0.39 is 0 Å². The molecule has 0 unspecified atom stereocenters. The second-order valence-electron chi connectivity index (χ2n) is 6.14. The molecule has 1 atom stereocenters. The predicted octanol–water partition coefficient (Wildman–Crippen LogP) is 5.65. The maximum absolute atomic E-state index is 4.17. The number of unbranched alkanes of at least 4 members (excludes halogenated alkanes) is 9. The van der Waals surface area contributed by atoms with Crippen molar-refractivity contribution in [1.82, 2.24) is 10.3 Å². The molecule has 21 heavy (non-hydrogen) atoms. The lowest BCUT2D eigenvalue weighted by Crippen LogP contribution is -2.19. The minimum Gasteiger partial charge on any atom is -0.310 e. The Morgan fingerprint density at radius 2 is 1.57 bits per heavy atom. The van der Waals surface area contributed by atoms with E-state index in [1.807, 2.05) is 18.5 Å². The van der Waals surface area contributed by atoms with Crippen LogP contribution >= 0.6 is 0 Å². The van der Waals surface area contributed by atoms with Crippen molar-refractivity contribution in [2.75, 3.05) is 6.54 Å². The number of aromatic nitrogens is 1. The van der Waals surface area contributed by atoms with Crippen LogP contribution in [0.25, 0.3) is 0 Å². The van der Waals surface area contributed by atoms with Crippen LogP contribution in [-0.2, 0) is 0 Å². The first-order valence-electron chi connectivity index (χ1n) is 8.98. The van der Waals surface area contributed by atoms with Gasteiger partial charge in [0, 0.05) is 18.4 Å². The van der Waals surface area contributed by atoms with Crippen molar-refractivity contribution in [2.45, 2.75) is 84.1 Å². The summed E-state index contributed by atoms with van der Waals surface area (Å²) in [6.45, 7) is 5.61. The van der Waals surface area contributed by atoms with Gasteiger partial charge in [0.15, 0.2) is 0 Å². The van der Waals surface area contributed by atoms with Crippen molar-refractivity contribution < 1.29 is 0 Å². The molecule has 0 spiro atoms. The lowest BCUT2D eigenvalue weighted by molar-refractivity contribution is 0.517. The summed E-state index contributed by atoms with van der Waals surface area (Å²) >= 11 is 0. The van der Waals surface area contributed by atoms with Crippen molar-refractivity contribution in [2.24, 2.45) is 0 Å². The summed E-state index contributed by atoms with van der Waals surface area (Å²) in [6, 6.07) is 4.56. The van der Waals surface area contributed by atoms with Crippen molar-refractivity contribution in [3.8, 4) is 0 Å². The Morgan fingerprint density at radius 1 is 0.952 bits per heavy atom. The molecule has 0 fully saturated rings. The first-order valence-corrected chi connectivity index (χ1v) is 8.98. The Morgan fingerprint density at radius 3 is 2.14 bits per heavy atom. The van der Waals surface area contributed by atoms with Crippen LogP contribution in [-0.4, -0.2) is 11.5 Å². The molecule has 1 heterocycles. The zero-order valence-corrected chi connectivity index (χ0v) is 14.1. The molecule has 0 radical (unpaired) electrons. The monoisotopic (exact) mass is 290 g/mol. The Balaban J connectivity index is 1.86. The van der Waals surface area contributed by atoms with Crippen LogP contribution in [0.1, 0.15) is 89.7 Å². The average Bonchev–Trinajstić information content (AvgIpc) is 2.53. The maximum Gasteiger partial charge on any atom is 0.0315 e. The van der Waals surface area contributed by atoms with Gasteiger partial charge in [0.25, 0.3) is 0 Å². The molecule has 0 saturated heterocycles. The summed E-state index contributed by atoms with van der Waals surface area (Å²) in [5, 5.41) is 3.58. The highest BCUT2D eigenvalue weighted by Gasteiger charge is 2.03. The Kier molecular flexibility index (Phi) is 11.1. The van der Waals surface area contributed by atoms with E-state index in [-0.39, 0.29) is 0 Å². The third-order valence-electron chi connectivity index (χ3n) is 4.17. The van der Waals surface area contributed by atoms with Gasteiger partial charge in [0.1, 0.15) is 0 Å². The quantitative estimate of drug-likeness (QED) is 0.475. The third kappa shape index (κ3) is 9.62. The molecular weight excluding hydrogens is 256 g/mol. The second-order valence-corrected chi connectivity index (χ2v) is 6.14. The lowest BCUT2D eigenvalue weighted by Gasteiger charge is -2.13. The van der Waals surface area contributed by atoms with Crippen molar-refractivity contribution in [1.29, 1.82) is 0 Å². The molecule has 1 aromatic heterocycles. The minimum absolute atomic E-state index is 0.414. The summed E-state index contributed by atoms with van der Waals surface area (Å²) < 4.78 is 0. The zero-order valence-electron chi connectivity index (χ0n) is 14.1. The second kappa shape index (κ2) is 12.8. The summed E-state index contributed by atoms with van der Waals surface area (Å²) in [7, 11) is 0. The topological polar surface area (TPSA) is 24.9 Å². The van der Waals surface area contributed by atoms with Crippen LogP contribution in [0.15, 0.2) is 24.5 Å². The fourth-order valence-electron chi connectivity index (χ4n) is 2.68. The van der Waals surface area contributed by atoms with Gasteiger partial charge in [-0.15, -0.1) is 0 Å². The van der Waals surface area contributed by atoms with Gasteiger partial charge in [-0.25, -0.2) is 0 Å². The highest BCUT2D eigenvalue weighted by Crippen LogP contribution is 2.12. The van der Waals surface area contributed by atoms with Crippen molar-refractivity contribution >= 4 is 0 Å². The smallest absolute Gasteiger partial charge is 0.0315 e. The van der Waals surface area contributed by atoms with E-state index in [1.54, 1.807) is 0 Å². The fraction of sp³-hybridized carbons (Fsp3) is 0.737. The van der Waals surface area contributed by atoms with Gasteiger partial charge in [-0.05, 0) is 31.5 Å². The van der Waals surface area contributed by atoms with Crippen LogP contribution in [0.5, 0.6) is 0 Å². The minimum atomic E-state index is 0.414.